The number of halogens is 1. The first-order valence-electron chi connectivity index (χ1n) is 8.85. The second-order valence-electron chi connectivity index (χ2n) is 6.58. The zero-order valence-corrected chi connectivity index (χ0v) is 15.6. The van der Waals surface area contributed by atoms with Gasteiger partial charge >= 0.3 is 0 Å². The van der Waals surface area contributed by atoms with Crippen molar-refractivity contribution in [3.05, 3.63) is 65.7 Å². The van der Waals surface area contributed by atoms with Gasteiger partial charge in [0.05, 0.1) is 0 Å². The summed E-state index contributed by atoms with van der Waals surface area (Å²) in [5.74, 6) is 0.370. The van der Waals surface area contributed by atoms with Crippen molar-refractivity contribution in [2.75, 3.05) is 18.8 Å². The molecule has 26 heavy (non-hydrogen) atoms. The van der Waals surface area contributed by atoms with E-state index >= 15 is 0 Å². The van der Waals surface area contributed by atoms with Gasteiger partial charge in [0.2, 0.25) is 5.91 Å². The number of aryl methyl sites for hydroxylation is 1. The van der Waals surface area contributed by atoms with Crippen molar-refractivity contribution >= 4 is 29.8 Å². The minimum atomic E-state index is 0. The first kappa shape index (κ1) is 20.0. The second kappa shape index (κ2) is 9.39. The Morgan fingerprint density at radius 2 is 1.58 bits per heavy atom. The highest BCUT2D eigenvalue weighted by atomic mass is 35.5. The molecule has 0 radical (unpaired) electrons. The van der Waals surface area contributed by atoms with Gasteiger partial charge in [-0.15, -0.1) is 12.4 Å². The number of Topliss-reactive ketones (excluding diaryl/α,β-unsaturated/α-hetero) is 1. The van der Waals surface area contributed by atoms with Gasteiger partial charge in [-0.1, -0.05) is 48.5 Å². The van der Waals surface area contributed by atoms with Gasteiger partial charge in [0.15, 0.2) is 5.78 Å². The van der Waals surface area contributed by atoms with E-state index in [1.54, 1.807) is 0 Å². The highest BCUT2D eigenvalue weighted by Gasteiger charge is 2.27. The molecule has 0 aromatic heterocycles. The Bertz CT molecular complexity index is 741. The number of hydrogen-bond donors (Lipinski definition) is 1. The van der Waals surface area contributed by atoms with Crippen LogP contribution in [0.4, 0.5) is 5.69 Å². The molecule has 0 bridgehead atoms. The lowest BCUT2D eigenvalue weighted by Gasteiger charge is -2.31. The molecule has 4 nitrogen and oxygen atoms in total. The van der Waals surface area contributed by atoms with Gasteiger partial charge in [-0.05, 0) is 30.9 Å². The summed E-state index contributed by atoms with van der Waals surface area (Å²) >= 11 is 0. The third-order valence-electron chi connectivity index (χ3n) is 4.94. The van der Waals surface area contributed by atoms with Crippen LogP contribution in [-0.4, -0.2) is 29.7 Å². The summed E-state index contributed by atoms with van der Waals surface area (Å²) in [4.78, 5) is 26.8. The van der Waals surface area contributed by atoms with Crippen LogP contribution in [0, 0.1) is 5.92 Å². The number of amides is 1. The largest absolute Gasteiger partial charge is 0.399 e. The maximum absolute atomic E-state index is 12.5. The minimum Gasteiger partial charge on any atom is -0.399 e. The Morgan fingerprint density at radius 3 is 2.23 bits per heavy atom. The molecular weight excluding hydrogens is 348 g/mol. The van der Waals surface area contributed by atoms with Crippen molar-refractivity contribution in [1.82, 2.24) is 4.90 Å². The van der Waals surface area contributed by atoms with Crippen LogP contribution >= 0.6 is 12.4 Å². The first-order chi connectivity index (χ1) is 12.1. The van der Waals surface area contributed by atoms with Gasteiger partial charge in [-0.25, -0.2) is 0 Å². The number of nitrogens with zero attached hydrogens (tertiary/aromatic N) is 1. The topological polar surface area (TPSA) is 63.4 Å². The number of nitrogens with two attached hydrogens (primary N) is 1. The first-order valence-corrected chi connectivity index (χ1v) is 8.85. The molecular formula is C21H25ClN2O2. The molecule has 1 saturated heterocycles. The van der Waals surface area contributed by atoms with E-state index in [1.807, 2.05) is 59.5 Å². The van der Waals surface area contributed by atoms with E-state index in [0.29, 0.717) is 25.9 Å². The summed E-state index contributed by atoms with van der Waals surface area (Å²) in [5, 5.41) is 0. The van der Waals surface area contributed by atoms with Crippen LogP contribution in [0.3, 0.4) is 0 Å². The molecule has 1 amide bonds. The lowest BCUT2D eigenvalue weighted by molar-refractivity contribution is -0.132. The van der Waals surface area contributed by atoms with Crippen molar-refractivity contribution in [2.24, 2.45) is 5.92 Å². The van der Waals surface area contributed by atoms with Gasteiger partial charge in [0, 0.05) is 36.7 Å². The van der Waals surface area contributed by atoms with E-state index in [0.717, 1.165) is 29.7 Å². The maximum Gasteiger partial charge on any atom is 0.222 e. The van der Waals surface area contributed by atoms with Crippen LogP contribution in [-0.2, 0) is 11.2 Å². The number of benzene rings is 2. The summed E-state index contributed by atoms with van der Waals surface area (Å²) in [5.41, 5.74) is 8.46. The van der Waals surface area contributed by atoms with E-state index in [9.17, 15) is 9.59 Å². The molecule has 2 aromatic rings. The average Bonchev–Trinajstić information content (AvgIpc) is 2.67. The third-order valence-corrected chi connectivity index (χ3v) is 4.94. The van der Waals surface area contributed by atoms with Gasteiger partial charge < -0.3 is 10.6 Å². The Labute approximate surface area is 160 Å². The molecule has 1 fully saturated rings. The smallest absolute Gasteiger partial charge is 0.222 e. The van der Waals surface area contributed by atoms with E-state index in [1.165, 1.54) is 0 Å². The van der Waals surface area contributed by atoms with Crippen LogP contribution in [0.25, 0.3) is 0 Å². The molecule has 0 unspecified atom stereocenters. The molecule has 3 rings (SSSR count). The van der Waals surface area contributed by atoms with E-state index in [-0.39, 0.29) is 30.0 Å². The predicted molar refractivity (Wildman–Crippen MR) is 106 cm³/mol. The number of piperidine rings is 1. The van der Waals surface area contributed by atoms with Crippen molar-refractivity contribution < 1.29 is 9.59 Å². The molecule has 1 heterocycles. The minimum absolute atomic E-state index is 0. The van der Waals surface area contributed by atoms with Crippen LogP contribution in [0.5, 0.6) is 0 Å². The van der Waals surface area contributed by atoms with E-state index in [4.69, 9.17) is 5.73 Å². The van der Waals surface area contributed by atoms with Crippen molar-refractivity contribution in [2.45, 2.75) is 25.7 Å². The number of anilines is 1. The number of nitrogen functional groups attached to an aromatic ring is 1. The molecule has 2 aromatic carbocycles. The normalized spacial score (nSPS) is 14.5. The van der Waals surface area contributed by atoms with Crippen molar-refractivity contribution in [3.63, 3.8) is 0 Å². The average molecular weight is 373 g/mol. The summed E-state index contributed by atoms with van der Waals surface area (Å²) in [6.07, 6.45) is 2.61. The molecule has 1 aliphatic heterocycles. The Morgan fingerprint density at radius 1 is 0.962 bits per heavy atom. The number of likely N-dealkylation sites (tertiary alicyclic amines) is 1. The Hall–Kier alpha value is -2.33. The lowest BCUT2D eigenvalue weighted by atomic mass is 9.88. The molecule has 138 valence electrons. The summed E-state index contributed by atoms with van der Waals surface area (Å²) in [6, 6.07) is 17.1. The predicted octanol–water partition coefficient (Wildman–Crippen LogP) is 3.74. The summed E-state index contributed by atoms with van der Waals surface area (Å²) in [7, 11) is 0. The highest BCUT2D eigenvalue weighted by molar-refractivity contribution is 5.98. The Kier molecular flexibility index (Phi) is 7.22. The SMILES string of the molecule is Cl.Nc1ccccc1CCC(=O)N1CCC(C(=O)c2ccccc2)CC1. The fourth-order valence-corrected chi connectivity index (χ4v) is 3.39. The number of carbonyl (C=O) groups is 2. The molecule has 2 N–H and O–H groups in total. The number of para-hydroxylation sites is 1. The van der Waals surface area contributed by atoms with Crippen LogP contribution in [0.2, 0.25) is 0 Å². The molecule has 0 atom stereocenters. The second-order valence-corrected chi connectivity index (χ2v) is 6.58. The number of carbonyl (C=O) groups excluding carboxylic acids is 2. The molecule has 1 aliphatic rings. The highest BCUT2D eigenvalue weighted by Crippen LogP contribution is 2.23. The third kappa shape index (κ3) is 4.85. The number of hydrogen-bond acceptors (Lipinski definition) is 3. The molecule has 0 aliphatic carbocycles. The Balaban J connectivity index is 0.00000243. The van der Waals surface area contributed by atoms with Gasteiger partial charge in [0.1, 0.15) is 0 Å². The van der Waals surface area contributed by atoms with Crippen molar-refractivity contribution in [1.29, 1.82) is 0 Å². The fourth-order valence-electron chi connectivity index (χ4n) is 3.39. The monoisotopic (exact) mass is 372 g/mol. The van der Waals surface area contributed by atoms with Crippen LogP contribution in [0.15, 0.2) is 54.6 Å². The number of ketones is 1. The maximum atomic E-state index is 12.5. The van der Waals surface area contributed by atoms with Crippen LogP contribution < -0.4 is 5.73 Å². The zero-order valence-electron chi connectivity index (χ0n) is 14.8. The van der Waals surface area contributed by atoms with E-state index < -0.39 is 0 Å². The molecule has 5 heteroatoms. The van der Waals surface area contributed by atoms with E-state index in [2.05, 4.69) is 0 Å². The van der Waals surface area contributed by atoms with Gasteiger partial charge in [-0.3, -0.25) is 9.59 Å². The molecule has 0 saturated carbocycles. The summed E-state index contributed by atoms with van der Waals surface area (Å²) < 4.78 is 0. The zero-order chi connectivity index (χ0) is 17.6. The lowest BCUT2D eigenvalue weighted by Crippen LogP contribution is -2.40. The van der Waals surface area contributed by atoms with Crippen molar-refractivity contribution in [3.8, 4) is 0 Å². The summed E-state index contributed by atoms with van der Waals surface area (Å²) in [6.45, 7) is 1.32. The molecule has 0 spiro atoms. The van der Waals surface area contributed by atoms with Gasteiger partial charge in [-0.2, -0.15) is 0 Å². The van der Waals surface area contributed by atoms with Crippen LogP contribution in [0.1, 0.15) is 35.2 Å². The fraction of sp³-hybridized carbons (Fsp3) is 0.333. The standard InChI is InChI=1S/C21H24N2O2.ClH/c22-19-9-5-4-6-16(19)10-11-20(24)23-14-12-18(13-15-23)21(25)17-7-2-1-3-8-17;/h1-9,18H,10-15,22H2;1H. The number of rotatable bonds is 5. The quantitative estimate of drug-likeness (QED) is 0.642. The van der Waals surface area contributed by atoms with Gasteiger partial charge in [0.25, 0.3) is 0 Å².